The van der Waals surface area contributed by atoms with Gasteiger partial charge in [-0.05, 0) is 48.7 Å². The van der Waals surface area contributed by atoms with Gasteiger partial charge in [0.15, 0.2) is 0 Å². The molecule has 0 aliphatic carbocycles. The summed E-state index contributed by atoms with van der Waals surface area (Å²) >= 11 is 0. The lowest BCUT2D eigenvalue weighted by molar-refractivity contribution is 0.101. The van der Waals surface area contributed by atoms with Gasteiger partial charge in [0.1, 0.15) is 28.8 Å². The van der Waals surface area contributed by atoms with E-state index in [4.69, 9.17) is 4.74 Å². The van der Waals surface area contributed by atoms with Crippen LogP contribution in [0.1, 0.15) is 35.3 Å². The number of halogens is 1. The molecule has 4 rings (SSSR count). The van der Waals surface area contributed by atoms with Crippen molar-refractivity contribution in [1.82, 2.24) is 8.87 Å². The highest BCUT2D eigenvalue weighted by molar-refractivity contribution is 7.89. The summed E-state index contributed by atoms with van der Waals surface area (Å²) in [7, 11) is -1.98. The Kier molecular flexibility index (Phi) is 6.80. The van der Waals surface area contributed by atoms with Crippen molar-refractivity contribution in [2.45, 2.75) is 30.8 Å². The largest absolute Gasteiger partial charge is 0.489 e. The number of carbonyl (C=O) groups is 1. The average molecular weight is 472 g/mol. The summed E-state index contributed by atoms with van der Waals surface area (Å²) in [5.74, 6) is -0.380. The first-order valence-corrected chi connectivity index (χ1v) is 12.2. The van der Waals surface area contributed by atoms with Gasteiger partial charge in [-0.15, -0.1) is 0 Å². The first kappa shape index (κ1) is 23.0. The molecule has 0 unspecified atom stereocenters. The van der Waals surface area contributed by atoms with Gasteiger partial charge < -0.3 is 14.6 Å². The van der Waals surface area contributed by atoms with Gasteiger partial charge in [0.25, 0.3) is 5.91 Å². The number of aromatic nitrogens is 1. The first-order valence-electron chi connectivity index (χ1n) is 10.8. The van der Waals surface area contributed by atoms with E-state index in [2.05, 4.69) is 5.32 Å². The number of amides is 1. The van der Waals surface area contributed by atoms with Crippen LogP contribution >= 0.6 is 0 Å². The third-order valence-corrected chi connectivity index (χ3v) is 7.42. The Labute approximate surface area is 192 Å². The number of sulfonamides is 1. The molecule has 9 heteroatoms. The van der Waals surface area contributed by atoms with Gasteiger partial charge in [-0.25, -0.2) is 12.8 Å². The fraction of sp³-hybridized carbons (Fsp3) is 0.292. The zero-order chi connectivity index (χ0) is 23.4. The van der Waals surface area contributed by atoms with Crippen molar-refractivity contribution in [2.24, 2.45) is 7.05 Å². The van der Waals surface area contributed by atoms with Crippen LogP contribution in [0.3, 0.4) is 0 Å². The number of piperidine rings is 1. The number of ether oxygens (including phenoxy) is 1. The predicted molar refractivity (Wildman–Crippen MR) is 123 cm³/mol. The lowest BCUT2D eigenvalue weighted by atomic mass is 10.2. The Morgan fingerprint density at radius 1 is 1.06 bits per heavy atom. The maximum atomic E-state index is 13.3. The number of hydrogen-bond acceptors (Lipinski definition) is 4. The number of nitrogens with zero attached hydrogens (tertiary/aromatic N) is 2. The van der Waals surface area contributed by atoms with Crippen molar-refractivity contribution in [3.63, 3.8) is 0 Å². The Morgan fingerprint density at radius 2 is 1.82 bits per heavy atom. The van der Waals surface area contributed by atoms with E-state index in [0.29, 0.717) is 24.5 Å². The average Bonchev–Trinajstić information content (AvgIpc) is 3.21. The minimum Gasteiger partial charge on any atom is -0.489 e. The Balaban J connectivity index is 1.45. The Bertz CT molecular complexity index is 1250. The second-order valence-corrected chi connectivity index (χ2v) is 9.98. The fourth-order valence-electron chi connectivity index (χ4n) is 3.81. The highest BCUT2D eigenvalue weighted by Gasteiger charge is 2.28. The summed E-state index contributed by atoms with van der Waals surface area (Å²) in [6, 6.07) is 14.4. The van der Waals surface area contributed by atoms with Crippen LogP contribution in [0.2, 0.25) is 0 Å². The van der Waals surface area contributed by atoms with E-state index < -0.39 is 15.9 Å². The number of benzene rings is 2. The topological polar surface area (TPSA) is 80.6 Å². The predicted octanol–water partition coefficient (Wildman–Crippen LogP) is 4.17. The molecule has 0 saturated carbocycles. The minimum atomic E-state index is -3.62. The summed E-state index contributed by atoms with van der Waals surface area (Å²) in [6.45, 7) is 1.21. The molecule has 1 amide bonds. The molecule has 1 N–H and O–H groups in total. The summed E-state index contributed by atoms with van der Waals surface area (Å²) < 4.78 is 47.8. The number of rotatable bonds is 7. The van der Waals surface area contributed by atoms with Crippen LogP contribution in [0.15, 0.2) is 65.7 Å². The minimum absolute atomic E-state index is 0.120. The van der Waals surface area contributed by atoms with Gasteiger partial charge in [-0.1, -0.05) is 24.6 Å². The quantitative estimate of drug-likeness (QED) is 0.561. The molecule has 1 aliphatic rings. The van der Waals surface area contributed by atoms with Gasteiger partial charge >= 0.3 is 0 Å². The number of hydrogen-bond donors (Lipinski definition) is 1. The molecule has 1 fully saturated rings. The molecule has 0 bridgehead atoms. The molecule has 0 atom stereocenters. The third kappa shape index (κ3) is 5.43. The zero-order valence-corrected chi connectivity index (χ0v) is 19.1. The highest BCUT2D eigenvalue weighted by atomic mass is 32.2. The lowest BCUT2D eigenvalue weighted by Gasteiger charge is -2.25. The highest BCUT2D eigenvalue weighted by Crippen LogP contribution is 2.23. The third-order valence-electron chi connectivity index (χ3n) is 5.55. The number of anilines is 1. The smallest absolute Gasteiger partial charge is 0.272 e. The van der Waals surface area contributed by atoms with Crippen molar-refractivity contribution in [3.05, 3.63) is 77.9 Å². The number of carbonyl (C=O) groups excluding carboxylic acids is 1. The zero-order valence-electron chi connectivity index (χ0n) is 18.3. The molecule has 0 spiro atoms. The van der Waals surface area contributed by atoms with Gasteiger partial charge in [0.2, 0.25) is 10.0 Å². The molecule has 0 radical (unpaired) electrons. The van der Waals surface area contributed by atoms with E-state index in [9.17, 15) is 17.6 Å². The maximum absolute atomic E-state index is 13.3. The van der Waals surface area contributed by atoms with Crippen molar-refractivity contribution < 1.29 is 22.3 Å². The van der Waals surface area contributed by atoms with Crippen LogP contribution in [-0.4, -0.2) is 36.3 Å². The second-order valence-electron chi connectivity index (χ2n) is 8.04. The monoisotopic (exact) mass is 471 g/mol. The summed E-state index contributed by atoms with van der Waals surface area (Å²) in [4.78, 5) is 13.0. The molecule has 2 heterocycles. The SMILES string of the molecule is Cn1cc(S(=O)(=O)N2CCCCC2)cc1C(=O)Nc1cccc(COc2cccc(F)c2)c1. The van der Waals surface area contributed by atoms with Crippen molar-refractivity contribution in [1.29, 1.82) is 0 Å². The molecular formula is C24H26FN3O4S. The van der Waals surface area contributed by atoms with Crippen LogP contribution < -0.4 is 10.1 Å². The Hall–Kier alpha value is -3.17. The van der Waals surface area contributed by atoms with E-state index in [1.807, 2.05) is 6.07 Å². The summed E-state index contributed by atoms with van der Waals surface area (Å²) in [5, 5.41) is 2.81. The van der Waals surface area contributed by atoms with E-state index >= 15 is 0 Å². The van der Waals surface area contributed by atoms with Crippen molar-refractivity contribution in [3.8, 4) is 5.75 Å². The number of aryl methyl sites for hydroxylation is 1. The fourth-order valence-corrected chi connectivity index (χ4v) is 5.40. The standard InChI is InChI=1S/C24H26FN3O4S/c1-27-16-22(33(30,31)28-11-3-2-4-12-28)15-23(27)24(29)26-20-9-5-7-18(13-20)17-32-21-10-6-8-19(25)14-21/h5-10,13-16H,2-4,11-12,17H2,1H3,(H,26,29). The maximum Gasteiger partial charge on any atom is 0.272 e. The Morgan fingerprint density at radius 3 is 2.58 bits per heavy atom. The molecule has 33 heavy (non-hydrogen) atoms. The van der Waals surface area contributed by atoms with Gasteiger partial charge in [-0.3, -0.25) is 4.79 Å². The van der Waals surface area contributed by atoms with Crippen molar-refractivity contribution in [2.75, 3.05) is 18.4 Å². The van der Waals surface area contributed by atoms with Crippen LogP contribution in [0.25, 0.3) is 0 Å². The molecule has 1 saturated heterocycles. The molecule has 1 aliphatic heterocycles. The normalized spacial score (nSPS) is 14.7. The molecular weight excluding hydrogens is 445 g/mol. The van der Waals surface area contributed by atoms with E-state index in [1.165, 1.54) is 33.3 Å². The molecule has 3 aromatic rings. The van der Waals surface area contributed by atoms with Crippen LogP contribution in [0, 0.1) is 5.82 Å². The van der Waals surface area contributed by atoms with Crippen LogP contribution in [0.4, 0.5) is 10.1 Å². The molecule has 7 nitrogen and oxygen atoms in total. The lowest BCUT2D eigenvalue weighted by Crippen LogP contribution is -2.35. The molecule has 1 aromatic heterocycles. The first-order chi connectivity index (χ1) is 15.8. The van der Waals surface area contributed by atoms with Crippen LogP contribution in [0.5, 0.6) is 5.75 Å². The van der Waals surface area contributed by atoms with Gasteiger partial charge in [0.05, 0.1) is 0 Å². The van der Waals surface area contributed by atoms with E-state index in [-0.39, 0.29) is 23.0 Å². The van der Waals surface area contributed by atoms with E-state index in [0.717, 1.165) is 24.8 Å². The van der Waals surface area contributed by atoms with Crippen LogP contribution in [-0.2, 0) is 23.7 Å². The van der Waals surface area contributed by atoms with E-state index in [1.54, 1.807) is 37.4 Å². The summed E-state index contributed by atoms with van der Waals surface area (Å²) in [6.07, 6.45) is 4.19. The molecule has 2 aromatic carbocycles. The second kappa shape index (κ2) is 9.76. The van der Waals surface area contributed by atoms with Gasteiger partial charge in [0, 0.05) is 38.1 Å². The number of nitrogens with one attached hydrogen (secondary N) is 1. The molecule has 174 valence electrons. The summed E-state index contributed by atoms with van der Waals surface area (Å²) in [5.41, 5.74) is 1.58. The van der Waals surface area contributed by atoms with Gasteiger partial charge in [-0.2, -0.15) is 4.31 Å². The van der Waals surface area contributed by atoms with Crippen molar-refractivity contribution >= 4 is 21.6 Å².